The molecule has 0 bridgehead atoms. The van der Waals surface area contributed by atoms with Gasteiger partial charge in [0.1, 0.15) is 18.5 Å². The highest BCUT2D eigenvalue weighted by molar-refractivity contribution is 6.74. The number of tetrazole rings is 1. The Balaban J connectivity index is 1.56. The van der Waals surface area contributed by atoms with Crippen molar-refractivity contribution in [2.75, 3.05) is 13.7 Å². The largest absolute Gasteiger partial charge is 0.497 e. The van der Waals surface area contributed by atoms with Crippen LogP contribution >= 0.6 is 11.6 Å². The third kappa shape index (κ3) is 6.03. The van der Waals surface area contributed by atoms with Crippen molar-refractivity contribution in [3.05, 3.63) is 71.1 Å². The van der Waals surface area contributed by atoms with Crippen molar-refractivity contribution in [1.82, 2.24) is 25.2 Å². The molecular formula is C26H32ClN5O3Si. The molecule has 8 nitrogen and oxygen atoms in total. The summed E-state index contributed by atoms with van der Waals surface area (Å²) >= 11 is 6.43. The number of para-hydroxylation sites is 1. The molecule has 0 saturated heterocycles. The summed E-state index contributed by atoms with van der Waals surface area (Å²) in [5.74, 6) is 1.76. The first-order valence-electron chi connectivity index (χ1n) is 11.8. The highest BCUT2D eigenvalue weighted by Crippen LogP contribution is 2.39. The van der Waals surface area contributed by atoms with Gasteiger partial charge < -0.3 is 13.9 Å². The molecule has 2 aromatic heterocycles. The first kappa shape index (κ1) is 26.1. The number of pyridine rings is 1. The van der Waals surface area contributed by atoms with Gasteiger partial charge in [0.05, 0.1) is 19.2 Å². The lowest BCUT2D eigenvalue weighted by molar-refractivity contribution is 0.108. The molecule has 4 rings (SSSR count). The smallest absolute Gasteiger partial charge is 0.205 e. The number of ether oxygens (including phenoxy) is 2. The molecule has 0 aliphatic rings. The van der Waals surface area contributed by atoms with Gasteiger partial charge in [-0.2, -0.15) is 4.80 Å². The summed E-state index contributed by atoms with van der Waals surface area (Å²) in [6.45, 7) is 11.6. The third-order valence-electron chi connectivity index (χ3n) is 6.52. The van der Waals surface area contributed by atoms with E-state index in [-0.39, 0.29) is 11.6 Å². The lowest BCUT2D eigenvalue weighted by atomic mass is 10.2. The number of hydrogen-bond donors (Lipinski definition) is 0. The molecule has 0 radical (unpaired) electrons. The van der Waals surface area contributed by atoms with Crippen LogP contribution in [0, 0.1) is 0 Å². The Labute approximate surface area is 217 Å². The van der Waals surface area contributed by atoms with Gasteiger partial charge in [0.15, 0.2) is 19.2 Å². The van der Waals surface area contributed by atoms with Crippen LogP contribution in [-0.2, 0) is 11.0 Å². The second-order valence-corrected chi connectivity index (χ2v) is 15.3. The van der Waals surface area contributed by atoms with E-state index in [9.17, 15) is 0 Å². The Morgan fingerprint density at radius 3 is 2.47 bits per heavy atom. The number of methoxy groups -OCH3 is 1. The van der Waals surface area contributed by atoms with Crippen molar-refractivity contribution in [3.8, 4) is 11.5 Å². The Bertz CT molecular complexity index is 1320. The minimum atomic E-state index is -2.18. The predicted octanol–water partition coefficient (Wildman–Crippen LogP) is 6.07. The Kier molecular flexibility index (Phi) is 7.63. The van der Waals surface area contributed by atoms with E-state index in [1.54, 1.807) is 11.9 Å². The second-order valence-electron chi connectivity index (χ2n) is 10.2. The number of fused-ring (bicyclic) bond motifs is 1. The second kappa shape index (κ2) is 10.5. The van der Waals surface area contributed by atoms with E-state index in [0.29, 0.717) is 23.3 Å². The fraction of sp³-hybridized carbons (Fsp3) is 0.385. The lowest BCUT2D eigenvalue weighted by Gasteiger charge is -2.38. The summed E-state index contributed by atoms with van der Waals surface area (Å²) in [6.07, 6.45) is -0.516. The Morgan fingerprint density at radius 1 is 1.06 bits per heavy atom. The third-order valence-corrected chi connectivity index (χ3v) is 11.3. The van der Waals surface area contributed by atoms with Crippen LogP contribution in [-0.4, -0.2) is 47.2 Å². The van der Waals surface area contributed by atoms with Crippen molar-refractivity contribution < 1.29 is 13.9 Å². The first-order valence-corrected chi connectivity index (χ1v) is 15.1. The summed E-state index contributed by atoms with van der Waals surface area (Å²) in [7, 11) is -0.536. The van der Waals surface area contributed by atoms with Gasteiger partial charge in [-0.25, -0.2) is 4.98 Å². The fourth-order valence-electron chi connectivity index (χ4n) is 3.38. The van der Waals surface area contributed by atoms with Crippen molar-refractivity contribution in [2.45, 2.75) is 51.6 Å². The topological polar surface area (TPSA) is 84.2 Å². The van der Waals surface area contributed by atoms with Gasteiger partial charge in [-0.3, -0.25) is 0 Å². The average Bonchev–Trinajstić information content (AvgIpc) is 3.30. The maximum absolute atomic E-state index is 6.69. The quantitative estimate of drug-likeness (QED) is 0.193. The molecule has 0 amide bonds. The number of halogens is 1. The van der Waals surface area contributed by atoms with Gasteiger partial charge in [0.25, 0.3) is 0 Å². The van der Waals surface area contributed by atoms with Crippen LogP contribution in [0.5, 0.6) is 11.5 Å². The lowest BCUT2D eigenvalue weighted by Crippen LogP contribution is -2.43. The molecule has 1 atom stereocenters. The van der Waals surface area contributed by atoms with E-state index >= 15 is 0 Å². The van der Waals surface area contributed by atoms with Crippen LogP contribution in [0.2, 0.25) is 23.3 Å². The Morgan fingerprint density at radius 2 is 1.78 bits per heavy atom. The molecule has 0 aliphatic heterocycles. The number of rotatable bonds is 9. The monoisotopic (exact) mass is 525 g/mol. The van der Waals surface area contributed by atoms with Crippen LogP contribution in [0.4, 0.5) is 0 Å². The molecule has 10 heteroatoms. The summed E-state index contributed by atoms with van der Waals surface area (Å²) in [5.41, 5.74) is 1.85. The summed E-state index contributed by atoms with van der Waals surface area (Å²) in [4.78, 5) is 6.01. The van der Waals surface area contributed by atoms with Crippen molar-refractivity contribution >= 4 is 30.8 Å². The van der Waals surface area contributed by atoms with Gasteiger partial charge in [-0.05, 0) is 53.2 Å². The summed E-state index contributed by atoms with van der Waals surface area (Å²) in [6, 6.07) is 17.4. The molecule has 36 heavy (non-hydrogen) atoms. The molecule has 0 saturated carbocycles. The van der Waals surface area contributed by atoms with E-state index < -0.39 is 14.4 Å². The maximum atomic E-state index is 6.69. The molecule has 0 fully saturated rings. The van der Waals surface area contributed by atoms with Crippen LogP contribution in [0.25, 0.3) is 10.9 Å². The van der Waals surface area contributed by atoms with E-state index in [0.717, 1.165) is 22.2 Å². The van der Waals surface area contributed by atoms with E-state index in [1.165, 1.54) is 0 Å². The zero-order chi connectivity index (χ0) is 25.9. The van der Waals surface area contributed by atoms with Gasteiger partial charge in [0, 0.05) is 5.39 Å². The normalized spacial score (nSPS) is 13.1. The van der Waals surface area contributed by atoms with Gasteiger partial charge in [-0.1, -0.05) is 62.7 Å². The SMILES string of the molecule is COc1ccc(Cn2nnc(C(COc3cc4ccccc4nc3Cl)O[Si](C)(C)C(C)(C)C)n2)cc1. The zero-order valence-electron chi connectivity index (χ0n) is 21.5. The van der Waals surface area contributed by atoms with E-state index in [1.807, 2.05) is 54.6 Å². The molecule has 0 N–H and O–H groups in total. The number of benzene rings is 2. The number of hydrogen-bond acceptors (Lipinski definition) is 7. The molecule has 0 aliphatic carbocycles. The van der Waals surface area contributed by atoms with E-state index in [4.69, 9.17) is 25.5 Å². The summed E-state index contributed by atoms with van der Waals surface area (Å²) < 4.78 is 18.1. The van der Waals surface area contributed by atoms with Crippen molar-refractivity contribution in [1.29, 1.82) is 0 Å². The molecule has 2 heterocycles. The van der Waals surface area contributed by atoms with Gasteiger partial charge in [0.2, 0.25) is 5.82 Å². The van der Waals surface area contributed by atoms with Crippen LogP contribution in [0.1, 0.15) is 38.3 Å². The van der Waals surface area contributed by atoms with Crippen LogP contribution in [0.3, 0.4) is 0 Å². The number of aromatic nitrogens is 5. The molecule has 1 unspecified atom stereocenters. The van der Waals surface area contributed by atoms with Crippen molar-refractivity contribution in [2.24, 2.45) is 0 Å². The standard InChI is InChI=1S/C26H32ClN5O3Si/c1-26(2,3)36(5,6)35-23(17-34-22-15-19-9-7-8-10-21(19)28-24(22)27)25-29-31-32(30-25)16-18-11-13-20(33-4)14-12-18/h7-15,23H,16-17H2,1-6H3. The predicted molar refractivity (Wildman–Crippen MR) is 143 cm³/mol. The highest BCUT2D eigenvalue weighted by Gasteiger charge is 2.40. The molecule has 0 spiro atoms. The Hall–Kier alpha value is -3.01. The maximum Gasteiger partial charge on any atom is 0.205 e. The first-order chi connectivity index (χ1) is 17.1. The molecule has 2 aromatic carbocycles. The molecule has 190 valence electrons. The highest BCUT2D eigenvalue weighted by atomic mass is 35.5. The van der Waals surface area contributed by atoms with Crippen molar-refractivity contribution in [3.63, 3.8) is 0 Å². The van der Waals surface area contributed by atoms with E-state index in [2.05, 4.69) is 54.3 Å². The summed E-state index contributed by atoms with van der Waals surface area (Å²) in [5, 5.41) is 14.5. The van der Waals surface area contributed by atoms with Gasteiger partial charge in [-0.15, -0.1) is 10.2 Å². The average molecular weight is 526 g/mol. The minimum Gasteiger partial charge on any atom is -0.497 e. The fourth-order valence-corrected chi connectivity index (χ4v) is 4.82. The molecular weight excluding hydrogens is 494 g/mol. The molecule has 4 aromatic rings. The van der Waals surface area contributed by atoms with Crippen LogP contribution in [0.15, 0.2) is 54.6 Å². The van der Waals surface area contributed by atoms with Gasteiger partial charge >= 0.3 is 0 Å². The van der Waals surface area contributed by atoms with Crippen LogP contribution < -0.4 is 9.47 Å². The minimum absolute atomic E-state index is 0.00745. The zero-order valence-corrected chi connectivity index (χ0v) is 23.3. The number of nitrogens with zero attached hydrogens (tertiary/aromatic N) is 5.